The van der Waals surface area contributed by atoms with E-state index in [2.05, 4.69) is 38.8 Å². The van der Waals surface area contributed by atoms with Crippen molar-refractivity contribution in [3.8, 4) is 0 Å². The predicted octanol–water partition coefficient (Wildman–Crippen LogP) is 0.456. The molecule has 3 saturated heterocycles. The minimum atomic E-state index is -0.341. The van der Waals surface area contributed by atoms with Crippen LogP contribution in [0.25, 0.3) is 0 Å². The first-order valence-corrected chi connectivity index (χ1v) is 10.8. The van der Waals surface area contributed by atoms with Gasteiger partial charge in [-0.25, -0.2) is 9.97 Å². The lowest BCUT2D eigenvalue weighted by atomic mass is 9.71. The molecule has 4 heterocycles. The quantitative estimate of drug-likeness (QED) is 0.770. The second-order valence-electron chi connectivity index (χ2n) is 9.19. The van der Waals surface area contributed by atoms with Crippen molar-refractivity contribution in [3.05, 3.63) is 17.5 Å². The molecule has 4 rings (SSSR count). The minimum Gasteiger partial charge on any atom is -0.392 e. The highest BCUT2D eigenvalue weighted by Gasteiger charge is 2.45. The zero-order chi connectivity index (χ0) is 20.6. The summed E-state index contributed by atoms with van der Waals surface area (Å²) >= 11 is 0. The third-order valence-electron chi connectivity index (χ3n) is 6.95. The molecular weight excluding hydrogens is 368 g/mol. The summed E-state index contributed by atoms with van der Waals surface area (Å²) in [5.74, 6) is 0.707. The summed E-state index contributed by atoms with van der Waals surface area (Å²) in [5.41, 5.74) is 1.11. The Hall–Kier alpha value is -1.77. The number of aryl methyl sites for hydroxylation is 1. The Balaban J connectivity index is 1.49. The van der Waals surface area contributed by atoms with Gasteiger partial charge in [0.2, 0.25) is 5.95 Å². The van der Waals surface area contributed by atoms with E-state index in [0.29, 0.717) is 18.1 Å². The molecule has 1 amide bonds. The van der Waals surface area contributed by atoms with Crippen molar-refractivity contribution in [1.82, 2.24) is 24.7 Å². The number of rotatable bonds is 2. The fourth-order valence-electron chi connectivity index (χ4n) is 5.10. The molecule has 160 valence electrons. The zero-order valence-corrected chi connectivity index (χ0v) is 18.0. The highest BCUT2D eigenvalue weighted by Crippen LogP contribution is 2.38. The van der Waals surface area contributed by atoms with Crippen LogP contribution >= 0.6 is 0 Å². The molecule has 1 N–H and O–H groups in total. The third-order valence-corrected chi connectivity index (χ3v) is 6.95. The van der Waals surface area contributed by atoms with Gasteiger partial charge < -0.3 is 24.7 Å². The molecule has 0 aromatic carbocycles. The molecule has 0 saturated carbocycles. The van der Waals surface area contributed by atoms with Gasteiger partial charge in [-0.05, 0) is 40.3 Å². The van der Waals surface area contributed by atoms with E-state index in [1.807, 2.05) is 11.8 Å². The number of hydrogen-bond donors (Lipinski definition) is 1. The maximum absolute atomic E-state index is 13.3. The number of likely N-dealkylation sites (tertiary alicyclic amines) is 2. The monoisotopic (exact) mass is 402 g/mol. The van der Waals surface area contributed by atoms with Crippen LogP contribution in [0.5, 0.6) is 0 Å². The second-order valence-corrected chi connectivity index (χ2v) is 9.19. The van der Waals surface area contributed by atoms with Gasteiger partial charge in [0.15, 0.2) is 0 Å². The first-order chi connectivity index (χ1) is 13.9. The normalized spacial score (nSPS) is 29.4. The predicted molar refractivity (Wildman–Crippen MR) is 112 cm³/mol. The zero-order valence-electron chi connectivity index (χ0n) is 18.0. The van der Waals surface area contributed by atoms with Crippen LogP contribution in [0.4, 0.5) is 5.95 Å². The van der Waals surface area contributed by atoms with Gasteiger partial charge >= 0.3 is 0 Å². The number of aliphatic hydroxyl groups is 1. The second kappa shape index (κ2) is 8.16. The molecule has 8 heteroatoms. The number of carbonyl (C=O) groups excluding carboxylic acids is 1. The molecule has 3 aliphatic rings. The maximum Gasteiger partial charge on any atom is 0.257 e. The van der Waals surface area contributed by atoms with Gasteiger partial charge in [-0.1, -0.05) is 0 Å². The third kappa shape index (κ3) is 4.11. The number of hydrogen-bond acceptors (Lipinski definition) is 7. The SMILES string of the molecule is Cc1nc(N2CCN(C)CC2)ncc1C(=O)N1CCC[C@]2(CN(C)CC[C@@H]2O)C1. The van der Waals surface area contributed by atoms with E-state index in [1.54, 1.807) is 6.20 Å². The van der Waals surface area contributed by atoms with Crippen molar-refractivity contribution in [3.63, 3.8) is 0 Å². The summed E-state index contributed by atoms with van der Waals surface area (Å²) in [5, 5.41) is 10.7. The molecule has 3 fully saturated rings. The Labute approximate surface area is 173 Å². The summed E-state index contributed by atoms with van der Waals surface area (Å²) in [7, 11) is 4.22. The van der Waals surface area contributed by atoms with Crippen LogP contribution in [0.2, 0.25) is 0 Å². The minimum absolute atomic E-state index is 0.00747. The van der Waals surface area contributed by atoms with Crippen LogP contribution in [0.3, 0.4) is 0 Å². The summed E-state index contributed by atoms with van der Waals surface area (Å²) in [6, 6.07) is 0. The van der Waals surface area contributed by atoms with E-state index in [-0.39, 0.29) is 17.4 Å². The molecule has 8 nitrogen and oxygen atoms in total. The molecule has 0 radical (unpaired) electrons. The van der Waals surface area contributed by atoms with Crippen molar-refractivity contribution < 1.29 is 9.90 Å². The molecular formula is C21H34N6O2. The van der Waals surface area contributed by atoms with E-state index in [4.69, 9.17) is 0 Å². The van der Waals surface area contributed by atoms with Gasteiger partial charge in [0.05, 0.1) is 17.4 Å². The summed E-state index contributed by atoms with van der Waals surface area (Å²) in [6.07, 6.45) is 4.03. The van der Waals surface area contributed by atoms with Gasteiger partial charge in [0.25, 0.3) is 5.91 Å². The van der Waals surface area contributed by atoms with Crippen LogP contribution in [0.15, 0.2) is 6.20 Å². The molecule has 0 aliphatic carbocycles. The number of amides is 1. The number of nitrogens with zero attached hydrogens (tertiary/aromatic N) is 6. The van der Waals surface area contributed by atoms with Crippen LogP contribution in [0, 0.1) is 12.3 Å². The average molecular weight is 403 g/mol. The average Bonchev–Trinajstić information content (AvgIpc) is 2.71. The van der Waals surface area contributed by atoms with Gasteiger partial charge in [-0.15, -0.1) is 0 Å². The van der Waals surface area contributed by atoms with E-state index in [0.717, 1.165) is 70.8 Å². The smallest absolute Gasteiger partial charge is 0.257 e. The standard InChI is InChI=1S/C21H34N6O2/c1-16-17(13-22-20(23-16)26-11-9-24(2)10-12-26)19(29)27-7-4-6-21(15-27)14-25(3)8-5-18(21)28/h13,18,28H,4-12,14-15H2,1-3H3/t18-,21-/m0/s1. The van der Waals surface area contributed by atoms with E-state index >= 15 is 0 Å². The van der Waals surface area contributed by atoms with Gasteiger partial charge in [0, 0.05) is 64.0 Å². The lowest BCUT2D eigenvalue weighted by Crippen LogP contribution is -2.59. The molecule has 2 atom stereocenters. The lowest BCUT2D eigenvalue weighted by molar-refractivity contribution is -0.0731. The summed E-state index contributed by atoms with van der Waals surface area (Å²) in [4.78, 5) is 31.2. The first kappa shape index (κ1) is 20.5. The number of anilines is 1. The van der Waals surface area contributed by atoms with Gasteiger partial charge in [-0.3, -0.25) is 4.79 Å². The molecule has 1 spiro atoms. The number of piperazine rings is 1. The Morgan fingerprint density at radius 2 is 1.86 bits per heavy atom. The lowest BCUT2D eigenvalue weighted by Gasteiger charge is -2.50. The topological polar surface area (TPSA) is 76.0 Å². The Kier molecular flexibility index (Phi) is 5.77. The van der Waals surface area contributed by atoms with E-state index < -0.39 is 0 Å². The highest BCUT2D eigenvalue weighted by atomic mass is 16.3. The van der Waals surface area contributed by atoms with Crippen LogP contribution < -0.4 is 4.90 Å². The Bertz CT molecular complexity index is 751. The van der Waals surface area contributed by atoms with Crippen molar-refractivity contribution in [2.24, 2.45) is 5.41 Å². The number of piperidine rings is 2. The summed E-state index contributed by atoms with van der Waals surface area (Å²) in [6.45, 7) is 8.80. The van der Waals surface area contributed by atoms with E-state index in [9.17, 15) is 9.90 Å². The van der Waals surface area contributed by atoms with Gasteiger partial charge in [-0.2, -0.15) is 0 Å². The molecule has 0 unspecified atom stereocenters. The molecule has 1 aromatic rings. The fourth-order valence-corrected chi connectivity index (χ4v) is 5.10. The van der Waals surface area contributed by atoms with Crippen molar-refractivity contribution in [2.75, 3.05) is 71.4 Å². The van der Waals surface area contributed by atoms with Crippen molar-refractivity contribution >= 4 is 11.9 Å². The fraction of sp³-hybridized carbons (Fsp3) is 0.762. The summed E-state index contributed by atoms with van der Waals surface area (Å²) < 4.78 is 0. The van der Waals surface area contributed by atoms with E-state index in [1.165, 1.54) is 0 Å². The largest absolute Gasteiger partial charge is 0.392 e. The number of carbonyl (C=O) groups is 1. The van der Waals surface area contributed by atoms with Crippen molar-refractivity contribution in [2.45, 2.75) is 32.3 Å². The number of aromatic nitrogens is 2. The maximum atomic E-state index is 13.3. The number of aliphatic hydroxyl groups excluding tert-OH is 1. The Morgan fingerprint density at radius 3 is 2.59 bits per heavy atom. The molecule has 29 heavy (non-hydrogen) atoms. The van der Waals surface area contributed by atoms with Crippen LogP contribution in [-0.4, -0.2) is 108 Å². The van der Waals surface area contributed by atoms with Crippen molar-refractivity contribution in [1.29, 1.82) is 0 Å². The number of likely N-dealkylation sites (N-methyl/N-ethyl adjacent to an activating group) is 1. The molecule has 1 aromatic heterocycles. The van der Waals surface area contributed by atoms with Crippen LogP contribution in [-0.2, 0) is 0 Å². The first-order valence-electron chi connectivity index (χ1n) is 10.8. The van der Waals surface area contributed by atoms with Gasteiger partial charge in [0.1, 0.15) is 0 Å². The van der Waals surface area contributed by atoms with Crippen LogP contribution in [0.1, 0.15) is 35.3 Å². The highest BCUT2D eigenvalue weighted by molar-refractivity contribution is 5.95. The molecule has 3 aliphatic heterocycles. The molecule has 0 bridgehead atoms. The Morgan fingerprint density at radius 1 is 1.10 bits per heavy atom.